The minimum Gasteiger partial charge on any atom is -0.264 e. The third kappa shape index (κ3) is 2.47. The van der Waals surface area contributed by atoms with E-state index in [-0.39, 0.29) is 4.90 Å². The Bertz CT molecular complexity index is 618. The number of nitrogens with zero attached hydrogens (tertiary/aromatic N) is 1. The summed E-state index contributed by atoms with van der Waals surface area (Å²) >= 11 is 0. The zero-order valence-corrected chi connectivity index (χ0v) is 10.4. The number of anilines is 1. The van der Waals surface area contributed by atoms with Crippen molar-refractivity contribution in [2.75, 3.05) is 4.72 Å². The van der Waals surface area contributed by atoms with E-state index < -0.39 is 10.0 Å². The van der Waals surface area contributed by atoms with Crippen LogP contribution in [0.4, 0.5) is 5.82 Å². The Kier molecular flexibility index (Phi) is 2.89. The van der Waals surface area contributed by atoms with Crippen LogP contribution in [0.25, 0.3) is 0 Å². The standard InChI is InChI=1S/C11H13N3O2S/c1-8-3-4-9(2)10(7-8)17(15,16)14-11-5-6-12-13-11/h3-7H,1-2H3,(H2,12,13,14). The Hall–Kier alpha value is -1.82. The van der Waals surface area contributed by atoms with Gasteiger partial charge in [0.2, 0.25) is 0 Å². The smallest absolute Gasteiger partial charge is 0.263 e. The molecule has 2 rings (SSSR count). The van der Waals surface area contributed by atoms with Gasteiger partial charge in [-0.2, -0.15) is 5.10 Å². The molecule has 5 nitrogen and oxygen atoms in total. The summed E-state index contributed by atoms with van der Waals surface area (Å²) < 4.78 is 26.7. The van der Waals surface area contributed by atoms with E-state index in [1.165, 1.54) is 6.20 Å². The summed E-state index contributed by atoms with van der Waals surface area (Å²) in [6.45, 7) is 3.62. The highest BCUT2D eigenvalue weighted by molar-refractivity contribution is 7.92. The van der Waals surface area contributed by atoms with Gasteiger partial charge in [0.1, 0.15) is 5.82 Å². The first-order chi connectivity index (χ1) is 7.99. The van der Waals surface area contributed by atoms with Crippen LogP contribution >= 0.6 is 0 Å². The summed E-state index contributed by atoms with van der Waals surface area (Å²) in [5.74, 6) is 0.353. The summed E-state index contributed by atoms with van der Waals surface area (Å²) in [6.07, 6.45) is 1.49. The molecule has 2 N–H and O–H groups in total. The number of aromatic amines is 1. The second-order valence-electron chi connectivity index (χ2n) is 3.84. The van der Waals surface area contributed by atoms with Crippen LogP contribution in [-0.2, 0) is 10.0 Å². The van der Waals surface area contributed by atoms with Gasteiger partial charge in [0.05, 0.1) is 11.1 Å². The van der Waals surface area contributed by atoms with E-state index in [0.717, 1.165) is 5.56 Å². The molecule has 0 saturated heterocycles. The van der Waals surface area contributed by atoms with Gasteiger partial charge in [0, 0.05) is 6.07 Å². The fourth-order valence-electron chi connectivity index (χ4n) is 1.51. The Morgan fingerprint density at radius 3 is 2.65 bits per heavy atom. The highest BCUT2D eigenvalue weighted by Gasteiger charge is 2.17. The lowest BCUT2D eigenvalue weighted by Gasteiger charge is -2.09. The number of rotatable bonds is 3. The van der Waals surface area contributed by atoms with Gasteiger partial charge < -0.3 is 0 Å². The fourth-order valence-corrected chi connectivity index (χ4v) is 2.86. The first-order valence-corrected chi connectivity index (χ1v) is 6.57. The fraction of sp³-hybridized carbons (Fsp3) is 0.182. The highest BCUT2D eigenvalue weighted by Crippen LogP contribution is 2.19. The molecule has 0 atom stereocenters. The molecule has 2 aromatic rings. The Labute approximate surface area is 99.9 Å². The number of aryl methyl sites for hydroxylation is 2. The predicted molar refractivity (Wildman–Crippen MR) is 65.3 cm³/mol. The lowest BCUT2D eigenvalue weighted by atomic mass is 10.2. The topological polar surface area (TPSA) is 74.8 Å². The van der Waals surface area contributed by atoms with Gasteiger partial charge in [-0.25, -0.2) is 8.42 Å². The average molecular weight is 251 g/mol. The minimum atomic E-state index is -3.56. The molecule has 0 aliphatic carbocycles. The van der Waals surface area contributed by atoms with Crippen LogP contribution in [0.3, 0.4) is 0 Å². The van der Waals surface area contributed by atoms with Crippen LogP contribution in [0.1, 0.15) is 11.1 Å². The van der Waals surface area contributed by atoms with Crippen LogP contribution in [-0.4, -0.2) is 18.6 Å². The van der Waals surface area contributed by atoms with Crippen molar-refractivity contribution in [3.8, 4) is 0 Å². The molecule has 0 fully saturated rings. The maximum Gasteiger partial charge on any atom is 0.263 e. The zero-order chi connectivity index (χ0) is 12.5. The van der Waals surface area contributed by atoms with E-state index in [1.807, 2.05) is 13.0 Å². The van der Waals surface area contributed by atoms with Gasteiger partial charge in [-0.1, -0.05) is 12.1 Å². The van der Waals surface area contributed by atoms with Gasteiger partial charge in [0.15, 0.2) is 0 Å². The number of nitrogens with one attached hydrogen (secondary N) is 2. The lowest BCUT2D eigenvalue weighted by molar-refractivity contribution is 0.600. The van der Waals surface area contributed by atoms with Crippen LogP contribution in [0.15, 0.2) is 35.4 Å². The second kappa shape index (κ2) is 4.21. The van der Waals surface area contributed by atoms with Crippen molar-refractivity contribution in [1.29, 1.82) is 0 Å². The molecule has 0 spiro atoms. The lowest BCUT2D eigenvalue weighted by Crippen LogP contribution is -2.14. The molecule has 1 aromatic heterocycles. The molecule has 0 aliphatic rings. The van der Waals surface area contributed by atoms with Crippen molar-refractivity contribution < 1.29 is 8.42 Å². The van der Waals surface area contributed by atoms with Crippen molar-refractivity contribution >= 4 is 15.8 Å². The molecule has 6 heteroatoms. The first kappa shape index (κ1) is 11.7. The molecule has 1 heterocycles. The van der Waals surface area contributed by atoms with E-state index >= 15 is 0 Å². The van der Waals surface area contributed by atoms with E-state index in [0.29, 0.717) is 11.4 Å². The van der Waals surface area contributed by atoms with Crippen molar-refractivity contribution in [2.24, 2.45) is 0 Å². The van der Waals surface area contributed by atoms with Crippen LogP contribution in [0.5, 0.6) is 0 Å². The molecular formula is C11H13N3O2S. The molecule has 0 aliphatic heterocycles. The van der Waals surface area contributed by atoms with E-state index in [4.69, 9.17) is 0 Å². The SMILES string of the molecule is Cc1ccc(C)c(S(=O)(=O)Nc2ccn[nH]2)c1. The monoisotopic (exact) mass is 251 g/mol. The predicted octanol–water partition coefficient (Wildman–Crippen LogP) is 1.83. The minimum absolute atomic E-state index is 0.284. The normalized spacial score (nSPS) is 11.4. The Morgan fingerprint density at radius 1 is 1.24 bits per heavy atom. The number of aromatic nitrogens is 2. The molecule has 1 aromatic carbocycles. The summed E-state index contributed by atoms with van der Waals surface area (Å²) in [6, 6.07) is 6.87. The molecule has 17 heavy (non-hydrogen) atoms. The average Bonchev–Trinajstić information content (AvgIpc) is 2.73. The van der Waals surface area contributed by atoms with Gasteiger partial charge >= 0.3 is 0 Å². The van der Waals surface area contributed by atoms with Gasteiger partial charge in [-0.3, -0.25) is 9.82 Å². The molecule has 0 radical (unpaired) electrons. The number of hydrogen-bond acceptors (Lipinski definition) is 3. The number of H-pyrrole nitrogens is 1. The van der Waals surface area contributed by atoms with Crippen LogP contribution < -0.4 is 4.72 Å². The van der Waals surface area contributed by atoms with E-state index in [1.54, 1.807) is 25.1 Å². The summed E-state index contributed by atoms with van der Waals surface area (Å²) in [5.41, 5.74) is 1.61. The largest absolute Gasteiger partial charge is 0.264 e. The highest BCUT2D eigenvalue weighted by atomic mass is 32.2. The van der Waals surface area contributed by atoms with Crippen LogP contribution in [0, 0.1) is 13.8 Å². The number of benzene rings is 1. The maximum atomic E-state index is 12.1. The van der Waals surface area contributed by atoms with E-state index in [2.05, 4.69) is 14.9 Å². The van der Waals surface area contributed by atoms with Gasteiger partial charge in [-0.15, -0.1) is 0 Å². The molecular weight excluding hydrogens is 238 g/mol. The molecule has 90 valence electrons. The molecule has 0 saturated carbocycles. The van der Waals surface area contributed by atoms with Crippen molar-refractivity contribution in [3.05, 3.63) is 41.6 Å². The van der Waals surface area contributed by atoms with Crippen molar-refractivity contribution in [2.45, 2.75) is 18.7 Å². The van der Waals surface area contributed by atoms with Gasteiger partial charge in [-0.05, 0) is 31.0 Å². The van der Waals surface area contributed by atoms with E-state index in [9.17, 15) is 8.42 Å². The first-order valence-electron chi connectivity index (χ1n) is 5.08. The Balaban J connectivity index is 2.41. The van der Waals surface area contributed by atoms with Crippen LogP contribution in [0.2, 0.25) is 0 Å². The number of sulfonamides is 1. The maximum absolute atomic E-state index is 12.1. The summed E-state index contributed by atoms with van der Waals surface area (Å²) in [5, 5.41) is 6.24. The van der Waals surface area contributed by atoms with Crippen molar-refractivity contribution in [1.82, 2.24) is 10.2 Å². The number of hydrogen-bond donors (Lipinski definition) is 2. The summed E-state index contributed by atoms with van der Waals surface area (Å²) in [7, 11) is -3.56. The Morgan fingerprint density at radius 2 is 2.00 bits per heavy atom. The second-order valence-corrected chi connectivity index (χ2v) is 5.50. The quantitative estimate of drug-likeness (QED) is 0.873. The van der Waals surface area contributed by atoms with Crippen molar-refractivity contribution in [3.63, 3.8) is 0 Å². The summed E-state index contributed by atoms with van der Waals surface area (Å²) in [4.78, 5) is 0.284. The molecule has 0 unspecified atom stereocenters. The molecule has 0 amide bonds. The third-order valence-electron chi connectivity index (χ3n) is 2.38. The third-order valence-corrected chi connectivity index (χ3v) is 3.89. The zero-order valence-electron chi connectivity index (χ0n) is 9.56. The van der Waals surface area contributed by atoms with Gasteiger partial charge in [0.25, 0.3) is 10.0 Å². The molecule has 0 bridgehead atoms.